The lowest BCUT2D eigenvalue weighted by Gasteiger charge is -2.25. The Bertz CT molecular complexity index is 657. The molecule has 0 amide bonds. The number of likely N-dealkylation sites (tertiary alicyclic amines) is 1. The maximum atomic E-state index is 4.59. The molecule has 1 saturated heterocycles. The molecular weight excluding hydrogens is 286 g/mol. The minimum absolute atomic E-state index is 0.488. The third-order valence-electron chi connectivity index (χ3n) is 4.52. The first-order chi connectivity index (χ1) is 11.1. The number of nitrogens with zero attached hydrogens (tertiary/aromatic N) is 5. The number of hydrogen-bond donors (Lipinski definition) is 0. The summed E-state index contributed by atoms with van der Waals surface area (Å²) in [5.41, 5.74) is 3.30. The number of rotatable bonds is 5. The third kappa shape index (κ3) is 4.05. The number of likely N-dealkylation sites (N-methyl/N-ethyl adjacent to an activating group) is 1. The minimum atomic E-state index is 0.488. The molecule has 5 heteroatoms. The molecule has 0 saturated carbocycles. The molecule has 0 radical (unpaired) electrons. The van der Waals surface area contributed by atoms with E-state index in [4.69, 9.17) is 0 Å². The molecule has 1 atom stereocenters. The molecule has 3 rings (SSSR count). The second-order valence-corrected chi connectivity index (χ2v) is 6.37. The highest BCUT2D eigenvalue weighted by Crippen LogP contribution is 2.18. The van der Waals surface area contributed by atoms with E-state index in [0.717, 1.165) is 49.8 Å². The highest BCUT2D eigenvalue weighted by Gasteiger charge is 2.26. The molecule has 1 aliphatic heterocycles. The second kappa shape index (κ2) is 7.04. The number of pyridine rings is 1. The van der Waals surface area contributed by atoms with Crippen molar-refractivity contribution in [2.75, 3.05) is 31.6 Å². The van der Waals surface area contributed by atoms with Crippen molar-refractivity contribution in [3.8, 4) is 0 Å². The van der Waals surface area contributed by atoms with Crippen LogP contribution in [0.4, 0.5) is 5.95 Å². The van der Waals surface area contributed by atoms with Gasteiger partial charge in [-0.3, -0.25) is 4.98 Å². The normalized spacial score (nSPS) is 18.3. The van der Waals surface area contributed by atoms with E-state index in [0.29, 0.717) is 6.04 Å². The Labute approximate surface area is 138 Å². The Morgan fingerprint density at radius 3 is 2.78 bits per heavy atom. The highest BCUT2D eigenvalue weighted by atomic mass is 15.3. The predicted octanol–water partition coefficient (Wildman–Crippen LogP) is 2.24. The Morgan fingerprint density at radius 2 is 2.00 bits per heavy atom. The van der Waals surface area contributed by atoms with Gasteiger partial charge in [-0.1, -0.05) is 6.07 Å². The first-order valence-electron chi connectivity index (χ1n) is 8.29. The average Bonchev–Trinajstić information content (AvgIpc) is 3.01. The van der Waals surface area contributed by atoms with E-state index in [1.165, 1.54) is 5.69 Å². The molecule has 2 aromatic heterocycles. The van der Waals surface area contributed by atoms with Gasteiger partial charge in [0.15, 0.2) is 0 Å². The summed E-state index contributed by atoms with van der Waals surface area (Å²) >= 11 is 0. The van der Waals surface area contributed by atoms with Gasteiger partial charge in [-0.05, 0) is 38.5 Å². The summed E-state index contributed by atoms with van der Waals surface area (Å²) in [6, 6.07) is 8.68. The van der Waals surface area contributed by atoms with Gasteiger partial charge in [-0.2, -0.15) is 0 Å². The fraction of sp³-hybridized carbons (Fsp3) is 0.500. The molecule has 5 nitrogen and oxygen atoms in total. The van der Waals surface area contributed by atoms with Crippen LogP contribution in [0, 0.1) is 13.8 Å². The molecule has 122 valence electrons. The van der Waals surface area contributed by atoms with Gasteiger partial charge in [-0.25, -0.2) is 9.97 Å². The number of anilines is 1. The zero-order valence-corrected chi connectivity index (χ0v) is 14.2. The Kier molecular flexibility index (Phi) is 4.86. The minimum Gasteiger partial charge on any atom is -0.340 e. The molecular formula is C18H25N5. The van der Waals surface area contributed by atoms with Crippen LogP contribution < -0.4 is 4.90 Å². The Morgan fingerprint density at radius 1 is 1.17 bits per heavy atom. The summed E-state index contributed by atoms with van der Waals surface area (Å²) in [5, 5.41) is 0. The molecule has 3 heterocycles. The van der Waals surface area contributed by atoms with E-state index in [1.54, 1.807) is 0 Å². The van der Waals surface area contributed by atoms with Gasteiger partial charge in [-0.15, -0.1) is 0 Å². The molecule has 2 aromatic rings. The van der Waals surface area contributed by atoms with Crippen LogP contribution in [-0.2, 0) is 6.42 Å². The third-order valence-corrected chi connectivity index (χ3v) is 4.52. The van der Waals surface area contributed by atoms with Gasteiger partial charge in [0.25, 0.3) is 0 Å². The van der Waals surface area contributed by atoms with Crippen molar-refractivity contribution in [3.05, 3.63) is 47.5 Å². The molecule has 0 aliphatic carbocycles. The van der Waals surface area contributed by atoms with Crippen LogP contribution >= 0.6 is 0 Å². The molecule has 0 N–H and O–H groups in total. The average molecular weight is 311 g/mol. The molecule has 23 heavy (non-hydrogen) atoms. The molecule has 1 fully saturated rings. The lowest BCUT2D eigenvalue weighted by Crippen LogP contribution is -2.36. The van der Waals surface area contributed by atoms with E-state index < -0.39 is 0 Å². The van der Waals surface area contributed by atoms with E-state index in [2.05, 4.69) is 43.9 Å². The fourth-order valence-electron chi connectivity index (χ4n) is 3.11. The maximum Gasteiger partial charge on any atom is 0.225 e. The van der Waals surface area contributed by atoms with Crippen molar-refractivity contribution in [1.82, 2.24) is 19.9 Å². The zero-order valence-electron chi connectivity index (χ0n) is 14.2. The van der Waals surface area contributed by atoms with E-state index in [-0.39, 0.29) is 0 Å². The van der Waals surface area contributed by atoms with Crippen LogP contribution in [0.5, 0.6) is 0 Å². The van der Waals surface area contributed by atoms with Gasteiger partial charge in [0.05, 0.1) is 0 Å². The van der Waals surface area contributed by atoms with Crippen molar-refractivity contribution < 1.29 is 0 Å². The molecule has 0 spiro atoms. The summed E-state index contributed by atoms with van der Waals surface area (Å²) in [6.45, 7) is 7.32. The van der Waals surface area contributed by atoms with Gasteiger partial charge >= 0.3 is 0 Å². The zero-order chi connectivity index (χ0) is 16.2. The fourth-order valence-corrected chi connectivity index (χ4v) is 3.11. The lowest BCUT2D eigenvalue weighted by molar-refractivity contribution is 0.336. The smallest absolute Gasteiger partial charge is 0.225 e. The Balaban J connectivity index is 1.54. The summed E-state index contributed by atoms with van der Waals surface area (Å²) < 4.78 is 0. The molecule has 1 unspecified atom stereocenters. The monoisotopic (exact) mass is 311 g/mol. The van der Waals surface area contributed by atoms with Crippen molar-refractivity contribution in [2.45, 2.75) is 32.7 Å². The molecule has 0 bridgehead atoms. The standard InChI is InChI=1S/C18H25N5/c1-14-5-4-6-16(20-14)8-11-23-12-9-17(13-23)22(3)18-19-10-7-15(2)21-18/h4-7,10,17H,8-9,11-13H2,1-3H3. The SMILES string of the molecule is Cc1cccc(CCN2CCC(N(C)c3nccc(C)n3)C2)n1. The number of hydrogen-bond acceptors (Lipinski definition) is 5. The van der Waals surface area contributed by atoms with Crippen molar-refractivity contribution in [1.29, 1.82) is 0 Å². The van der Waals surface area contributed by atoms with Crippen molar-refractivity contribution in [3.63, 3.8) is 0 Å². The van der Waals surface area contributed by atoms with Crippen molar-refractivity contribution >= 4 is 5.95 Å². The maximum absolute atomic E-state index is 4.59. The van der Waals surface area contributed by atoms with E-state index in [1.807, 2.05) is 32.2 Å². The van der Waals surface area contributed by atoms with Crippen LogP contribution in [-0.4, -0.2) is 52.6 Å². The molecule has 0 aromatic carbocycles. The first kappa shape index (κ1) is 15.9. The van der Waals surface area contributed by atoms with Gasteiger partial charge in [0, 0.05) is 62.4 Å². The van der Waals surface area contributed by atoms with Crippen LogP contribution in [0.3, 0.4) is 0 Å². The van der Waals surface area contributed by atoms with E-state index >= 15 is 0 Å². The topological polar surface area (TPSA) is 45.2 Å². The summed E-state index contributed by atoms with van der Waals surface area (Å²) in [5.74, 6) is 0.831. The van der Waals surface area contributed by atoms with Crippen LogP contribution in [0.2, 0.25) is 0 Å². The largest absolute Gasteiger partial charge is 0.340 e. The second-order valence-electron chi connectivity index (χ2n) is 6.37. The number of aryl methyl sites for hydroxylation is 2. The summed E-state index contributed by atoms with van der Waals surface area (Å²) in [4.78, 5) is 18.3. The van der Waals surface area contributed by atoms with Crippen molar-refractivity contribution in [2.24, 2.45) is 0 Å². The quantitative estimate of drug-likeness (QED) is 0.847. The predicted molar refractivity (Wildman–Crippen MR) is 92.7 cm³/mol. The first-order valence-corrected chi connectivity index (χ1v) is 8.29. The Hall–Kier alpha value is -2.01. The van der Waals surface area contributed by atoms with Crippen LogP contribution in [0.25, 0.3) is 0 Å². The summed E-state index contributed by atoms with van der Waals surface area (Å²) in [7, 11) is 2.10. The lowest BCUT2D eigenvalue weighted by atomic mass is 10.2. The number of aromatic nitrogens is 3. The van der Waals surface area contributed by atoms with Gasteiger partial charge in [0.1, 0.15) is 0 Å². The van der Waals surface area contributed by atoms with Crippen LogP contribution in [0.15, 0.2) is 30.5 Å². The van der Waals surface area contributed by atoms with E-state index in [9.17, 15) is 0 Å². The van der Waals surface area contributed by atoms with Crippen LogP contribution in [0.1, 0.15) is 23.5 Å². The molecule has 1 aliphatic rings. The summed E-state index contributed by atoms with van der Waals surface area (Å²) in [6.07, 6.45) is 4.01. The van der Waals surface area contributed by atoms with Gasteiger partial charge in [0.2, 0.25) is 5.95 Å². The van der Waals surface area contributed by atoms with Gasteiger partial charge < -0.3 is 9.80 Å². The highest BCUT2D eigenvalue weighted by molar-refractivity contribution is 5.31.